The number of hydrogen-bond acceptors (Lipinski definition) is 4. The highest BCUT2D eigenvalue weighted by atomic mass is 32.2. The summed E-state index contributed by atoms with van der Waals surface area (Å²) in [7, 11) is -3.62. The molecule has 0 aromatic heterocycles. The van der Waals surface area contributed by atoms with Crippen LogP contribution in [0.4, 0.5) is 0 Å². The average Bonchev–Trinajstić information content (AvgIpc) is 2.52. The maximum atomic E-state index is 12.5. The number of rotatable bonds is 12. The molecule has 0 aliphatic carbocycles. The molecule has 0 saturated carbocycles. The largest absolute Gasteiger partial charge is 0.381 e. The Morgan fingerprint density at radius 3 is 2.27 bits per heavy atom. The Bertz CT molecular complexity index is 664. The Labute approximate surface area is 157 Å². The number of unbranched alkanes of at least 4 members (excludes halogenated alkanes) is 1. The minimum atomic E-state index is -3.62. The Morgan fingerprint density at radius 2 is 1.65 bits per heavy atom. The fourth-order valence-corrected chi connectivity index (χ4v) is 4.28. The molecule has 0 heterocycles. The quantitative estimate of drug-likeness (QED) is 0.543. The maximum absolute atomic E-state index is 12.5. The molecule has 0 unspecified atom stereocenters. The van der Waals surface area contributed by atoms with Crippen molar-refractivity contribution < 1.29 is 17.9 Å². The van der Waals surface area contributed by atoms with Gasteiger partial charge in [0.25, 0.3) is 0 Å². The molecular weight excluding hydrogens is 352 g/mol. The van der Waals surface area contributed by atoms with Crippen LogP contribution in [-0.4, -0.2) is 40.6 Å². The zero-order valence-corrected chi connectivity index (χ0v) is 17.2. The summed E-state index contributed by atoms with van der Waals surface area (Å²) in [5, 5.41) is 2.78. The number of amides is 1. The van der Waals surface area contributed by atoms with Crippen molar-refractivity contribution in [2.75, 3.05) is 26.3 Å². The summed E-state index contributed by atoms with van der Waals surface area (Å²) < 4.78 is 32.9. The Balaban J connectivity index is 2.35. The summed E-state index contributed by atoms with van der Waals surface area (Å²) in [5.74, 6) is -0.168. The van der Waals surface area contributed by atoms with Crippen molar-refractivity contribution in [2.45, 2.75) is 58.3 Å². The Kier molecular flexibility index (Phi) is 9.83. The third kappa shape index (κ3) is 7.85. The number of hydrogen-bond donors (Lipinski definition) is 2. The number of nitrogens with one attached hydrogen (secondary N) is 2. The van der Waals surface area contributed by atoms with E-state index >= 15 is 0 Å². The summed E-state index contributed by atoms with van der Waals surface area (Å²) in [5.41, 5.74) is 2.45. The molecule has 0 bridgehead atoms. The standard InChI is InChI=1S/C19H32N2O4S/c1-5-6-11-25-12-7-9-20-18(22)8-10-21-26(23,24)19-16(3)13-15(2)14-17(19)4/h13-14,21H,5-12H2,1-4H3,(H,20,22). The van der Waals surface area contributed by atoms with E-state index in [9.17, 15) is 13.2 Å². The first-order valence-electron chi connectivity index (χ1n) is 9.20. The van der Waals surface area contributed by atoms with Crippen LogP contribution in [0.2, 0.25) is 0 Å². The van der Waals surface area contributed by atoms with Crippen LogP contribution in [0.25, 0.3) is 0 Å². The van der Waals surface area contributed by atoms with Gasteiger partial charge in [-0.2, -0.15) is 0 Å². The highest BCUT2D eigenvalue weighted by Crippen LogP contribution is 2.21. The molecule has 0 spiro atoms. The van der Waals surface area contributed by atoms with Crippen molar-refractivity contribution in [2.24, 2.45) is 0 Å². The van der Waals surface area contributed by atoms with E-state index in [1.165, 1.54) is 0 Å². The molecule has 0 aliphatic heterocycles. The first kappa shape index (κ1) is 22.6. The van der Waals surface area contributed by atoms with Gasteiger partial charge in [0, 0.05) is 32.7 Å². The summed E-state index contributed by atoms with van der Waals surface area (Å²) >= 11 is 0. The maximum Gasteiger partial charge on any atom is 0.241 e. The van der Waals surface area contributed by atoms with E-state index < -0.39 is 10.0 Å². The van der Waals surface area contributed by atoms with Crippen molar-refractivity contribution in [3.63, 3.8) is 0 Å². The normalized spacial score (nSPS) is 11.5. The predicted octanol–water partition coefficient (Wildman–Crippen LogP) is 2.60. The second-order valence-electron chi connectivity index (χ2n) is 6.55. The van der Waals surface area contributed by atoms with Crippen molar-refractivity contribution in [1.29, 1.82) is 0 Å². The highest BCUT2D eigenvalue weighted by molar-refractivity contribution is 7.89. The van der Waals surface area contributed by atoms with E-state index in [2.05, 4.69) is 17.0 Å². The molecule has 1 rings (SSSR count). The molecule has 7 heteroatoms. The molecular formula is C19H32N2O4S. The zero-order valence-electron chi connectivity index (χ0n) is 16.4. The molecule has 2 N–H and O–H groups in total. The van der Waals surface area contributed by atoms with Crippen molar-refractivity contribution in [3.05, 3.63) is 28.8 Å². The second kappa shape index (κ2) is 11.3. The van der Waals surface area contributed by atoms with Gasteiger partial charge >= 0.3 is 0 Å². The molecule has 1 aromatic rings. The van der Waals surface area contributed by atoms with Gasteiger partial charge in [-0.1, -0.05) is 31.0 Å². The average molecular weight is 385 g/mol. The summed E-state index contributed by atoms with van der Waals surface area (Å²) in [6.07, 6.45) is 3.02. The second-order valence-corrected chi connectivity index (χ2v) is 8.25. The molecule has 0 saturated heterocycles. The van der Waals surface area contributed by atoms with Gasteiger partial charge < -0.3 is 10.1 Å². The molecule has 148 valence electrons. The third-order valence-electron chi connectivity index (χ3n) is 3.95. The van der Waals surface area contributed by atoms with Crippen molar-refractivity contribution in [1.82, 2.24) is 10.0 Å². The zero-order chi connectivity index (χ0) is 19.6. The lowest BCUT2D eigenvalue weighted by molar-refractivity contribution is -0.120. The minimum Gasteiger partial charge on any atom is -0.381 e. The van der Waals surface area contributed by atoms with Crippen LogP contribution in [0, 0.1) is 20.8 Å². The summed E-state index contributed by atoms with van der Waals surface area (Å²) in [4.78, 5) is 12.1. The first-order chi connectivity index (χ1) is 12.3. The molecule has 0 aliphatic rings. The lowest BCUT2D eigenvalue weighted by Crippen LogP contribution is -2.32. The number of carbonyl (C=O) groups is 1. The van der Waals surface area contributed by atoms with Crippen LogP contribution in [0.1, 0.15) is 49.3 Å². The fraction of sp³-hybridized carbons (Fsp3) is 0.632. The Hall–Kier alpha value is -1.44. The highest BCUT2D eigenvalue weighted by Gasteiger charge is 2.19. The van der Waals surface area contributed by atoms with E-state index in [-0.39, 0.29) is 18.9 Å². The molecule has 0 fully saturated rings. The number of aryl methyl sites for hydroxylation is 3. The number of carbonyl (C=O) groups excluding carboxylic acids is 1. The molecule has 26 heavy (non-hydrogen) atoms. The fourth-order valence-electron chi connectivity index (χ4n) is 2.80. The van der Waals surface area contributed by atoms with Gasteiger partial charge in [-0.15, -0.1) is 0 Å². The van der Waals surface area contributed by atoms with Gasteiger partial charge in [-0.25, -0.2) is 13.1 Å². The number of ether oxygens (including phenoxy) is 1. The third-order valence-corrected chi connectivity index (χ3v) is 5.71. The van der Waals surface area contributed by atoms with E-state index in [4.69, 9.17) is 4.74 Å². The SMILES string of the molecule is CCCCOCCCNC(=O)CCNS(=O)(=O)c1c(C)cc(C)cc1C. The van der Waals surface area contributed by atoms with Gasteiger partial charge in [-0.05, 0) is 44.7 Å². The number of sulfonamides is 1. The van der Waals surface area contributed by atoms with Gasteiger partial charge in [0.05, 0.1) is 4.90 Å². The Morgan fingerprint density at radius 1 is 1.04 bits per heavy atom. The lowest BCUT2D eigenvalue weighted by Gasteiger charge is -2.13. The van der Waals surface area contributed by atoms with Gasteiger partial charge in [0.2, 0.25) is 15.9 Å². The number of benzene rings is 1. The topological polar surface area (TPSA) is 84.5 Å². The van der Waals surface area contributed by atoms with Gasteiger partial charge in [-0.3, -0.25) is 4.79 Å². The van der Waals surface area contributed by atoms with E-state index in [0.29, 0.717) is 29.2 Å². The smallest absolute Gasteiger partial charge is 0.241 e. The van der Waals surface area contributed by atoms with Gasteiger partial charge in [0.15, 0.2) is 0 Å². The van der Waals surface area contributed by atoms with Crippen molar-refractivity contribution in [3.8, 4) is 0 Å². The summed E-state index contributed by atoms with van der Waals surface area (Å²) in [6.45, 7) is 9.60. The van der Waals surface area contributed by atoms with Crippen LogP contribution in [0.3, 0.4) is 0 Å². The van der Waals surface area contributed by atoms with Crippen LogP contribution in [0.5, 0.6) is 0 Å². The molecule has 6 nitrogen and oxygen atoms in total. The molecule has 1 amide bonds. The van der Waals surface area contributed by atoms with Crippen LogP contribution in [-0.2, 0) is 19.6 Å². The lowest BCUT2D eigenvalue weighted by atomic mass is 10.1. The molecule has 0 radical (unpaired) electrons. The van der Waals surface area contributed by atoms with Crippen molar-refractivity contribution >= 4 is 15.9 Å². The van der Waals surface area contributed by atoms with E-state index in [1.807, 2.05) is 19.1 Å². The predicted molar refractivity (Wildman–Crippen MR) is 104 cm³/mol. The minimum absolute atomic E-state index is 0.0773. The van der Waals surface area contributed by atoms with Crippen LogP contribution >= 0.6 is 0 Å². The molecule has 0 atom stereocenters. The van der Waals surface area contributed by atoms with E-state index in [0.717, 1.165) is 31.4 Å². The monoisotopic (exact) mass is 384 g/mol. The van der Waals surface area contributed by atoms with Gasteiger partial charge in [0.1, 0.15) is 0 Å². The molecule has 1 aromatic carbocycles. The summed E-state index contributed by atoms with van der Waals surface area (Å²) in [6, 6.07) is 3.69. The van der Waals surface area contributed by atoms with Crippen LogP contribution < -0.4 is 10.0 Å². The van der Waals surface area contributed by atoms with Crippen LogP contribution in [0.15, 0.2) is 17.0 Å². The first-order valence-corrected chi connectivity index (χ1v) is 10.7. The van der Waals surface area contributed by atoms with E-state index in [1.54, 1.807) is 13.8 Å².